The molecule has 0 spiro atoms. The number of hydrogen-bond acceptors (Lipinski definition) is 5. The van der Waals surface area contributed by atoms with Crippen molar-refractivity contribution in [3.05, 3.63) is 47.8 Å². The SMILES string of the molecule is O=C1COc2ccc(-c3nc(-c4ccc(OC(F)F)cc4)cs3)cc2N1. The van der Waals surface area contributed by atoms with Crippen LogP contribution in [-0.4, -0.2) is 24.1 Å². The van der Waals surface area contributed by atoms with Gasteiger partial charge in [-0.25, -0.2) is 4.98 Å². The van der Waals surface area contributed by atoms with Crippen LogP contribution in [0.2, 0.25) is 0 Å². The second kappa shape index (κ2) is 6.72. The highest BCUT2D eigenvalue weighted by Crippen LogP contribution is 2.35. The lowest BCUT2D eigenvalue weighted by Crippen LogP contribution is -2.25. The maximum absolute atomic E-state index is 12.2. The van der Waals surface area contributed by atoms with E-state index < -0.39 is 6.61 Å². The fourth-order valence-corrected chi connectivity index (χ4v) is 3.39. The van der Waals surface area contributed by atoms with E-state index in [0.717, 1.165) is 21.8 Å². The standard InChI is InChI=1S/C18H12F2N2O3S/c19-18(20)25-12-4-1-10(2-5-12)14-9-26-17(22-14)11-3-6-15-13(7-11)21-16(23)8-24-15/h1-7,9,18H,8H2,(H,21,23). The molecule has 1 amide bonds. The van der Waals surface area contributed by atoms with Crippen molar-refractivity contribution in [2.24, 2.45) is 0 Å². The fourth-order valence-electron chi connectivity index (χ4n) is 2.56. The molecule has 1 aliphatic rings. The van der Waals surface area contributed by atoms with Gasteiger partial charge in [0.2, 0.25) is 0 Å². The van der Waals surface area contributed by atoms with Gasteiger partial charge < -0.3 is 14.8 Å². The van der Waals surface area contributed by atoms with Crippen molar-refractivity contribution in [1.29, 1.82) is 0 Å². The van der Waals surface area contributed by atoms with Crippen LogP contribution in [0.5, 0.6) is 11.5 Å². The summed E-state index contributed by atoms with van der Waals surface area (Å²) in [7, 11) is 0. The third-order valence-corrected chi connectivity index (χ3v) is 4.63. The number of halogens is 2. The first-order chi connectivity index (χ1) is 12.6. The van der Waals surface area contributed by atoms with Crippen LogP contribution in [0.3, 0.4) is 0 Å². The second-order valence-corrected chi connectivity index (χ2v) is 6.35. The lowest BCUT2D eigenvalue weighted by atomic mass is 10.1. The Morgan fingerprint density at radius 1 is 1.15 bits per heavy atom. The smallest absolute Gasteiger partial charge is 0.387 e. The predicted octanol–water partition coefficient (Wildman–Crippen LogP) is 4.41. The molecule has 2 heterocycles. The average Bonchev–Trinajstić information content (AvgIpc) is 3.11. The van der Waals surface area contributed by atoms with Crippen LogP contribution >= 0.6 is 11.3 Å². The Morgan fingerprint density at radius 2 is 1.92 bits per heavy atom. The lowest BCUT2D eigenvalue weighted by molar-refractivity contribution is -0.118. The summed E-state index contributed by atoms with van der Waals surface area (Å²) >= 11 is 1.45. The van der Waals surface area contributed by atoms with Crippen molar-refractivity contribution in [3.8, 4) is 33.3 Å². The number of hydrogen-bond donors (Lipinski definition) is 1. The van der Waals surface area contributed by atoms with Gasteiger partial charge in [-0.05, 0) is 42.5 Å². The fraction of sp³-hybridized carbons (Fsp3) is 0.111. The molecule has 1 aromatic heterocycles. The molecule has 5 nitrogen and oxygen atoms in total. The molecule has 0 fully saturated rings. The molecule has 0 saturated heterocycles. The zero-order valence-corrected chi connectivity index (χ0v) is 14.1. The van der Waals surface area contributed by atoms with Gasteiger partial charge in [-0.2, -0.15) is 8.78 Å². The maximum Gasteiger partial charge on any atom is 0.387 e. The monoisotopic (exact) mass is 374 g/mol. The zero-order chi connectivity index (χ0) is 18.1. The van der Waals surface area contributed by atoms with E-state index in [0.29, 0.717) is 11.4 Å². The van der Waals surface area contributed by atoms with Gasteiger partial charge in [0.25, 0.3) is 5.91 Å². The number of thiazole rings is 1. The van der Waals surface area contributed by atoms with Gasteiger partial charge in [0, 0.05) is 16.5 Å². The van der Waals surface area contributed by atoms with E-state index in [2.05, 4.69) is 15.0 Å². The van der Waals surface area contributed by atoms with Gasteiger partial charge in [0.15, 0.2) is 6.61 Å². The molecular weight excluding hydrogens is 362 g/mol. The van der Waals surface area contributed by atoms with E-state index >= 15 is 0 Å². The van der Waals surface area contributed by atoms with E-state index in [1.54, 1.807) is 18.2 Å². The molecule has 0 radical (unpaired) electrons. The normalized spacial score (nSPS) is 13.1. The molecule has 0 bridgehead atoms. The highest BCUT2D eigenvalue weighted by Gasteiger charge is 2.17. The Labute approximate surface area is 151 Å². The summed E-state index contributed by atoms with van der Waals surface area (Å²) in [6.07, 6.45) is 0. The largest absolute Gasteiger partial charge is 0.482 e. The van der Waals surface area contributed by atoms with Crippen molar-refractivity contribution in [2.75, 3.05) is 11.9 Å². The first-order valence-electron chi connectivity index (χ1n) is 7.66. The minimum Gasteiger partial charge on any atom is -0.482 e. The lowest BCUT2D eigenvalue weighted by Gasteiger charge is -2.18. The van der Waals surface area contributed by atoms with E-state index in [1.807, 2.05) is 17.5 Å². The Balaban J connectivity index is 1.58. The Bertz CT molecular complexity index is 957. The van der Waals surface area contributed by atoms with Gasteiger partial charge in [0.1, 0.15) is 16.5 Å². The maximum atomic E-state index is 12.2. The number of carbonyl (C=O) groups is 1. The quantitative estimate of drug-likeness (QED) is 0.735. The molecule has 3 aromatic rings. The first-order valence-corrected chi connectivity index (χ1v) is 8.54. The number of amides is 1. The molecule has 4 rings (SSSR count). The number of nitrogens with zero attached hydrogens (tertiary/aromatic N) is 1. The number of nitrogens with one attached hydrogen (secondary N) is 1. The molecule has 132 valence electrons. The van der Waals surface area contributed by atoms with Crippen molar-refractivity contribution >= 4 is 22.9 Å². The summed E-state index contributed by atoms with van der Waals surface area (Å²) in [5.74, 6) is 0.532. The molecule has 26 heavy (non-hydrogen) atoms. The number of benzene rings is 2. The van der Waals surface area contributed by atoms with Crippen LogP contribution in [0.15, 0.2) is 47.8 Å². The zero-order valence-electron chi connectivity index (χ0n) is 13.2. The molecule has 0 saturated carbocycles. The first kappa shape index (κ1) is 16.5. The summed E-state index contributed by atoms with van der Waals surface area (Å²) in [4.78, 5) is 16.0. The van der Waals surface area contributed by atoms with Crippen LogP contribution < -0.4 is 14.8 Å². The molecule has 1 N–H and O–H groups in total. The van der Waals surface area contributed by atoms with Gasteiger partial charge in [-0.3, -0.25) is 4.79 Å². The Hall–Kier alpha value is -3.00. The topological polar surface area (TPSA) is 60.5 Å². The van der Waals surface area contributed by atoms with Gasteiger partial charge in [-0.1, -0.05) is 0 Å². The molecule has 0 aliphatic carbocycles. The van der Waals surface area contributed by atoms with Gasteiger partial charge in [0.05, 0.1) is 11.4 Å². The number of carbonyl (C=O) groups excluding carboxylic acids is 1. The minimum atomic E-state index is -2.85. The van der Waals surface area contributed by atoms with Crippen molar-refractivity contribution in [2.45, 2.75) is 6.61 Å². The number of ether oxygens (including phenoxy) is 2. The molecule has 1 aliphatic heterocycles. The Morgan fingerprint density at radius 3 is 2.69 bits per heavy atom. The highest BCUT2D eigenvalue weighted by atomic mass is 32.1. The van der Waals surface area contributed by atoms with E-state index in [-0.39, 0.29) is 18.3 Å². The van der Waals surface area contributed by atoms with Crippen molar-refractivity contribution in [1.82, 2.24) is 4.98 Å². The highest BCUT2D eigenvalue weighted by molar-refractivity contribution is 7.13. The summed E-state index contributed by atoms with van der Waals surface area (Å²) in [6, 6.07) is 11.8. The van der Waals surface area contributed by atoms with Crippen molar-refractivity contribution in [3.63, 3.8) is 0 Å². The van der Waals surface area contributed by atoms with Crippen LogP contribution in [-0.2, 0) is 4.79 Å². The van der Waals surface area contributed by atoms with Crippen LogP contribution in [0, 0.1) is 0 Å². The number of alkyl halides is 2. The van der Waals surface area contributed by atoms with Crippen LogP contribution in [0.1, 0.15) is 0 Å². The minimum absolute atomic E-state index is 0.0129. The molecule has 0 atom stereocenters. The summed E-state index contributed by atoms with van der Waals surface area (Å²) in [5.41, 5.74) is 2.99. The van der Waals surface area contributed by atoms with Crippen LogP contribution in [0.4, 0.5) is 14.5 Å². The number of fused-ring (bicyclic) bond motifs is 1. The summed E-state index contributed by atoms with van der Waals surface area (Å²) < 4.78 is 34.1. The van der Waals surface area contributed by atoms with Crippen LogP contribution in [0.25, 0.3) is 21.8 Å². The van der Waals surface area contributed by atoms with Crippen molar-refractivity contribution < 1.29 is 23.0 Å². The summed E-state index contributed by atoms with van der Waals surface area (Å²) in [6.45, 7) is -2.83. The summed E-state index contributed by atoms with van der Waals surface area (Å²) in [5, 5.41) is 5.42. The molecule has 0 unspecified atom stereocenters. The number of anilines is 1. The molecular formula is C18H12F2N2O3S. The van der Waals surface area contributed by atoms with E-state index in [4.69, 9.17) is 4.74 Å². The molecule has 8 heteroatoms. The average molecular weight is 374 g/mol. The van der Waals surface area contributed by atoms with E-state index in [9.17, 15) is 13.6 Å². The second-order valence-electron chi connectivity index (χ2n) is 5.49. The van der Waals surface area contributed by atoms with E-state index in [1.165, 1.54) is 23.5 Å². The molecule has 2 aromatic carbocycles. The Kier molecular flexibility index (Phi) is 4.26. The number of rotatable bonds is 4. The van der Waals surface area contributed by atoms with Gasteiger partial charge >= 0.3 is 6.61 Å². The predicted molar refractivity (Wildman–Crippen MR) is 93.7 cm³/mol. The third-order valence-electron chi connectivity index (χ3n) is 3.74. The number of aromatic nitrogens is 1. The van der Waals surface area contributed by atoms with Gasteiger partial charge in [-0.15, -0.1) is 11.3 Å². The third kappa shape index (κ3) is 3.36.